The van der Waals surface area contributed by atoms with Gasteiger partial charge in [-0.05, 0) is 120 Å². The zero-order chi connectivity index (χ0) is 23.2. The average molecular weight is 816 g/mol. The monoisotopic (exact) mass is 810 g/mol. The van der Waals surface area contributed by atoms with Crippen molar-refractivity contribution < 1.29 is 9.47 Å². The van der Waals surface area contributed by atoms with E-state index in [9.17, 15) is 0 Å². The highest BCUT2D eigenvalue weighted by Gasteiger charge is 2.26. The summed E-state index contributed by atoms with van der Waals surface area (Å²) in [4.78, 5) is 0. The summed E-state index contributed by atoms with van der Waals surface area (Å²) in [7, 11) is 0. The molecule has 0 saturated heterocycles. The van der Waals surface area contributed by atoms with Crippen LogP contribution in [0.3, 0.4) is 0 Å². The summed E-state index contributed by atoms with van der Waals surface area (Å²) in [5.74, 6) is 2.20. The number of anilines is 2. The van der Waals surface area contributed by atoms with Crippen molar-refractivity contribution >= 4 is 118 Å². The quantitative estimate of drug-likeness (QED) is 0.159. The number of hydrogen-bond donors (Lipinski definition) is 2. The molecule has 0 aromatic heterocycles. The second-order valence-corrected chi connectivity index (χ2v) is 11.3. The van der Waals surface area contributed by atoms with Gasteiger partial charge in [-0.2, -0.15) is 0 Å². The first kappa shape index (κ1) is 24.3. The van der Waals surface area contributed by atoms with Gasteiger partial charge in [0.15, 0.2) is 11.5 Å². The van der Waals surface area contributed by atoms with E-state index < -0.39 is 0 Å². The molecule has 4 aromatic rings. The highest BCUT2D eigenvalue weighted by molar-refractivity contribution is 9.14. The minimum absolute atomic E-state index is 0.530. The molecular formula is C22H12Br6N2O2. The first-order valence-corrected chi connectivity index (χ1v) is 13.7. The van der Waals surface area contributed by atoms with Crippen LogP contribution in [0.5, 0.6) is 23.0 Å². The molecule has 164 valence electrons. The molecule has 10 heteroatoms. The zero-order valence-electron chi connectivity index (χ0n) is 15.9. The highest BCUT2D eigenvalue weighted by Crippen LogP contribution is 2.56. The molecule has 0 heterocycles. The van der Waals surface area contributed by atoms with E-state index in [1.807, 2.05) is 36.4 Å². The van der Waals surface area contributed by atoms with E-state index in [0.29, 0.717) is 43.3 Å². The first-order chi connectivity index (χ1) is 15.2. The van der Waals surface area contributed by atoms with E-state index >= 15 is 0 Å². The maximum atomic E-state index is 6.20. The molecule has 4 aromatic carbocycles. The third-order valence-corrected chi connectivity index (χ3v) is 10.2. The first-order valence-electron chi connectivity index (χ1n) is 8.93. The molecule has 0 fully saturated rings. The lowest BCUT2D eigenvalue weighted by Crippen LogP contribution is -1.97. The number of nitrogen functional groups attached to an aromatic ring is 2. The summed E-state index contributed by atoms with van der Waals surface area (Å²) in [6.45, 7) is 0. The lowest BCUT2D eigenvalue weighted by molar-refractivity contribution is 0.477. The van der Waals surface area contributed by atoms with Crippen molar-refractivity contribution in [3.05, 3.63) is 75.4 Å². The molecule has 0 amide bonds. The fourth-order valence-corrected chi connectivity index (χ4v) is 7.54. The Morgan fingerprint density at radius 1 is 0.469 bits per heavy atom. The van der Waals surface area contributed by atoms with Gasteiger partial charge in [0.2, 0.25) is 0 Å². The Kier molecular flexibility index (Phi) is 7.48. The van der Waals surface area contributed by atoms with Gasteiger partial charge >= 0.3 is 0 Å². The number of hydrogen-bond acceptors (Lipinski definition) is 4. The van der Waals surface area contributed by atoms with Crippen molar-refractivity contribution in [2.75, 3.05) is 11.5 Å². The Labute approximate surface area is 234 Å². The van der Waals surface area contributed by atoms with Crippen molar-refractivity contribution in [2.45, 2.75) is 0 Å². The lowest BCUT2D eigenvalue weighted by Gasteiger charge is -2.20. The summed E-state index contributed by atoms with van der Waals surface area (Å²) in [6, 6.07) is 14.6. The summed E-state index contributed by atoms with van der Waals surface area (Å²) in [5.41, 5.74) is 13.2. The number of para-hydroxylation sites is 4. The second-order valence-electron chi connectivity index (χ2n) is 6.57. The molecule has 0 saturated carbocycles. The minimum Gasteiger partial charge on any atom is -0.453 e. The average Bonchev–Trinajstić information content (AvgIpc) is 2.77. The van der Waals surface area contributed by atoms with E-state index in [2.05, 4.69) is 95.6 Å². The number of nitrogens with two attached hydrogens (primary N) is 2. The van der Waals surface area contributed by atoms with E-state index in [-0.39, 0.29) is 0 Å². The molecule has 4 rings (SSSR count). The molecule has 4 N–H and O–H groups in total. The summed E-state index contributed by atoms with van der Waals surface area (Å²) < 4.78 is 16.8. The van der Waals surface area contributed by atoms with E-state index in [1.54, 1.807) is 12.1 Å². The van der Waals surface area contributed by atoms with Gasteiger partial charge in [0.1, 0.15) is 11.5 Å². The standard InChI is InChI=1S/C22H12Br6N2O2/c23-15-13-14(17(25)21(19(15)27)31-11-7-3-1-5-9(11)29)18(26)22(20(28)16(13)24)32-12-8-4-2-6-10(12)30/h1-8H,29-30H2. The van der Waals surface area contributed by atoms with Crippen molar-refractivity contribution in [1.82, 2.24) is 0 Å². The van der Waals surface area contributed by atoms with Crippen molar-refractivity contribution in [2.24, 2.45) is 0 Å². The number of halogens is 6. The molecule has 32 heavy (non-hydrogen) atoms. The van der Waals surface area contributed by atoms with Crippen LogP contribution in [0.25, 0.3) is 10.8 Å². The van der Waals surface area contributed by atoms with E-state index in [1.165, 1.54) is 0 Å². The zero-order valence-corrected chi connectivity index (χ0v) is 25.4. The van der Waals surface area contributed by atoms with Crippen LogP contribution < -0.4 is 20.9 Å². The van der Waals surface area contributed by atoms with Crippen LogP contribution in [0.1, 0.15) is 0 Å². The van der Waals surface area contributed by atoms with Crippen LogP contribution >= 0.6 is 95.6 Å². The minimum atomic E-state index is 0.530. The molecule has 0 bridgehead atoms. The van der Waals surface area contributed by atoms with Gasteiger partial charge < -0.3 is 20.9 Å². The molecule has 0 aliphatic heterocycles. The predicted octanol–water partition coefficient (Wildman–Crippen LogP) is 10.2. The third-order valence-electron chi connectivity index (χ3n) is 4.57. The van der Waals surface area contributed by atoms with Crippen LogP contribution in [-0.4, -0.2) is 0 Å². The Hall–Kier alpha value is -0.780. The Bertz CT molecular complexity index is 1280. The van der Waals surface area contributed by atoms with Crippen LogP contribution in [0.2, 0.25) is 0 Å². The predicted molar refractivity (Wildman–Crippen MR) is 152 cm³/mol. The van der Waals surface area contributed by atoms with Crippen molar-refractivity contribution in [1.29, 1.82) is 0 Å². The number of rotatable bonds is 4. The largest absolute Gasteiger partial charge is 0.453 e. The van der Waals surface area contributed by atoms with Gasteiger partial charge in [0, 0.05) is 19.7 Å². The summed E-state index contributed by atoms with van der Waals surface area (Å²) in [6.07, 6.45) is 0. The molecule has 0 aliphatic carbocycles. The topological polar surface area (TPSA) is 70.5 Å². The fraction of sp³-hybridized carbons (Fsp3) is 0. The lowest BCUT2D eigenvalue weighted by atomic mass is 10.1. The van der Waals surface area contributed by atoms with Crippen molar-refractivity contribution in [3.63, 3.8) is 0 Å². The molecule has 0 atom stereocenters. The number of ether oxygens (including phenoxy) is 2. The van der Waals surface area contributed by atoms with E-state index in [0.717, 1.165) is 28.7 Å². The number of benzene rings is 4. The van der Waals surface area contributed by atoms with Gasteiger partial charge in [0.25, 0.3) is 0 Å². The van der Waals surface area contributed by atoms with Gasteiger partial charge in [-0.1, -0.05) is 24.3 Å². The molecule has 0 aliphatic rings. The Morgan fingerprint density at radius 3 is 1.19 bits per heavy atom. The number of fused-ring (bicyclic) bond motifs is 1. The maximum Gasteiger partial charge on any atom is 0.157 e. The van der Waals surface area contributed by atoms with Crippen LogP contribution in [-0.2, 0) is 0 Å². The second kappa shape index (κ2) is 9.84. The molecule has 4 nitrogen and oxygen atoms in total. The highest BCUT2D eigenvalue weighted by atomic mass is 79.9. The Balaban J connectivity index is 1.98. The molecular weight excluding hydrogens is 804 g/mol. The van der Waals surface area contributed by atoms with Gasteiger partial charge in [-0.15, -0.1) is 0 Å². The van der Waals surface area contributed by atoms with Gasteiger partial charge in [-0.25, -0.2) is 0 Å². The van der Waals surface area contributed by atoms with Crippen LogP contribution in [0, 0.1) is 0 Å². The molecule has 0 unspecified atom stereocenters. The molecule has 0 spiro atoms. The smallest absolute Gasteiger partial charge is 0.157 e. The normalized spacial score (nSPS) is 11.1. The third kappa shape index (κ3) is 4.34. The summed E-state index contributed by atoms with van der Waals surface area (Å²) in [5, 5.41) is 1.72. The van der Waals surface area contributed by atoms with Crippen LogP contribution in [0.15, 0.2) is 75.4 Å². The molecule has 0 radical (unpaired) electrons. The SMILES string of the molecule is Nc1ccccc1Oc1c(Br)c(Br)c2c(Br)c(Br)c(Oc3ccccc3N)c(Br)c2c1Br. The van der Waals surface area contributed by atoms with Gasteiger partial charge in [0.05, 0.1) is 29.3 Å². The fourth-order valence-electron chi connectivity index (χ4n) is 3.02. The summed E-state index contributed by atoms with van der Waals surface area (Å²) >= 11 is 22.2. The van der Waals surface area contributed by atoms with Crippen molar-refractivity contribution in [3.8, 4) is 23.0 Å². The van der Waals surface area contributed by atoms with E-state index in [4.69, 9.17) is 20.9 Å². The van der Waals surface area contributed by atoms with Crippen LogP contribution in [0.4, 0.5) is 11.4 Å². The maximum absolute atomic E-state index is 6.20. The Morgan fingerprint density at radius 2 is 0.812 bits per heavy atom. The van der Waals surface area contributed by atoms with Gasteiger partial charge in [-0.3, -0.25) is 0 Å².